The number of aryl methyl sites for hydroxylation is 1. The summed E-state index contributed by atoms with van der Waals surface area (Å²) < 4.78 is 3.01. The number of benzene rings is 1. The van der Waals surface area contributed by atoms with Gasteiger partial charge in [-0.3, -0.25) is 18.7 Å². The highest BCUT2D eigenvalue weighted by Crippen LogP contribution is 2.34. The van der Waals surface area contributed by atoms with Crippen molar-refractivity contribution in [2.75, 3.05) is 0 Å². The number of ketones is 1. The average Bonchev–Trinajstić information content (AvgIpc) is 2.60. The van der Waals surface area contributed by atoms with Gasteiger partial charge in [0.25, 0.3) is 5.56 Å². The van der Waals surface area contributed by atoms with Gasteiger partial charge >= 0.3 is 5.69 Å². The van der Waals surface area contributed by atoms with E-state index in [0.29, 0.717) is 29.2 Å². The van der Waals surface area contributed by atoms with Gasteiger partial charge < -0.3 is 0 Å². The van der Waals surface area contributed by atoms with E-state index in [1.807, 2.05) is 6.07 Å². The predicted molar refractivity (Wildman–Crippen MR) is 104 cm³/mol. The molecule has 0 aliphatic heterocycles. The molecule has 3 rings (SSSR count). The number of carbonyl (C=O) groups is 1. The second-order valence-electron chi connectivity index (χ2n) is 8.06. The molecule has 0 saturated heterocycles. The Morgan fingerprint density at radius 2 is 1.81 bits per heavy atom. The van der Waals surface area contributed by atoms with Gasteiger partial charge in [-0.05, 0) is 62.1 Å². The molecule has 0 bridgehead atoms. The monoisotopic (exact) mass is 356 g/mol. The Balaban J connectivity index is 2.07. The molecule has 0 unspecified atom stereocenters. The minimum absolute atomic E-state index is 0.0305. The van der Waals surface area contributed by atoms with E-state index in [1.54, 1.807) is 23.7 Å². The maximum Gasteiger partial charge on any atom is 0.331 e. The van der Waals surface area contributed by atoms with Crippen LogP contribution in [0, 0.1) is 11.8 Å². The first-order valence-corrected chi connectivity index (χ1v) is 9.53. The fourth-order valence-electron chi connectivity index (χ4n) is 4.27. The van der Waals surface area contributed by atoms with Crippen LogP contribution in [0.5, 0.6) is 0 Å². The molecule has 1 fully saturated rings. The molecular weight excluding hydrogens is 328 g/mol. The number of hydrogen-bond acceptors (Lipinski definition) is 3. The highest BCUT2D eigenvalue weighted by Gasteiger charge is 2.27. The lowest BCUT2D eigenvalue weighted by molar-refractivity contribution is -0.116. The Morgan fingerprint density at radius 3 is 2.38 bits per heavy atom. The fraction of sp³-hybridized carbons (Fsp3) is 0.571. The highest BCUT2D eigenvalue weighted by molar-refractivity contribution is 5.82. The number of aromatic nitrogens is 2. The summed E-state index contributed by atoms with van der Waals surface area (Å²) in [7, 11) is 1.71. The average molecular weight is 356 g/mol. The van der Waals surface area contributed by atoms with Gasteiger partial charge in [-0.15, -0.1) is 0 Å². The van der Waals surface area contributed by atoms with Crippen LogP contribution in [-0.2, 0) is 18.3 Å². The molecule has 1 heterocycles. The number of fused-ring (bicyclic) bond motifs is 1. The zero-order valence-corrected chi connectivity index (χ0v) is 16.1. The molecule has 1 aliphatic rings. The first-order valence-electron chi connectivity index (χ1n) is 9.53. The van der Waals surface area contributed by atoms with E-state index in [4.69, 9.17) is 0 Å². The SMILES string of the molecule is CC(=O)Cc1ccc2c(c1)c(=O)n(C1CCC(C(C)C)CC1)c(=O)n2C. The summed E-state index contributed by atoms with van der Waals surface area (Å²) in [6.45, 7) is 6.02. The number of rotatable bonds is 4. The Hall–Kier alpha value is -2.17. The summed E-state index contributed by atoms with van der Waals surface area (Å²) in [5, 5.41) is 0.525. The maximum atomic E-state index is 13.1. The van der Waals surface area contributed by atoms with Crippen LogP contribution in [0.3, 0.4) is 0 Å². The first kappa shape index (κ1) is 18.6. The van der Waals surface area contributed by atoms with Crippen LogP contribution in [0.4, 0.5) is 0 Å². The third kappa shape index (κ3) is 3.39. The standard InChI is InChI=1S/C21H28N2O3/c1-13(2)16-6-8-17(9-7-16)23-20(25)18-12-15(11-14(3)24)5-10-19(18)22(4)21(23)26/h5,10,12-13,16-17H,6-9,11H2,1-4H3. The highest BCUT2D eigenvalue weighted by atomic mass is 16.2. The van der Waals surface area contributed by atoms with Crippen molar-refractivity contribution in [2.45, 2.75) is 58.9 Å². The van der Waals surface area contributed by atoms with Crippen LogP contribution in [0.2, 0.25) is 0 Å². The molecule has 0 atom stereocenters. The largest absolute Gasteiger partial charge is 0.331 e. The molecule has 0 radical (unpaired) electrons. The summed E-state index contributed by atoms with van der Waals surface area (Å²) in [5.41, 5.74) is 0.978. The quantitative estimate of drug-likeness (QED) is 0.845. The topological polar surface area (TPSA) is 61.1 Å². The van der Waals surface area contributed by atoms with E-state index in [1.165, 1.54) is 11.5 Å². The number of Topliss-reactive ketones (excluding diaryl/α,β-unsaturated/α-hetero) is 1. The Bertz CT molecular complexity index is 944. The summed E-state index contributed by atoms with van der Waals surface area (Å²) in [6, 6.07) is 5.34. The van der Waals surface area contributed by atoms with Crippen molar-refractivity contribution in [3.05, 3.63) is 44.6 Å². The van der Waals surface area contributed by atoms with Crippen molar-refractivity contribution in [1.29, 1.82) is 0 Å². The van der Waals surface area contributed by atoms with Crippen LogP contribution in [0.1, 0.15) is 58.1 Å². The van der Waals surface area contributed by atoms with E-state index in [2.05, 4.69) is 13.8 Å². The van der Waals surface area contributed by atoms with Crippen molar-refractivity contribution >= 4 is 16.7 Å². The van der Waals surface area contributed by atoms with E-state index in [-0.39, 0.29) is 23.1 Å². The van der Waals surface area contributed by atoms with Gasteiger partial charge in [-0.1, -0.05) is 19.9 Å². The summed E-state index contributed by atoms with van der Waals surface area (Å²) >= 11 is 0. The van der Waals surface area contributed by atoms with Crippen LogP contribution in [0.25, 0.3) is 10.9 Å². The Labute approximate surface area is 153 Å². The van der Waals surface area contributed by atoms with Gasteiger partial charge in [-0.2, -0.15) is 0 Å². The minimum Gasteiger partial charge on any atom is -0.300 e. The lowest BCUT2D eigenvalue weighted by Gasteiger charge is -2.31. The third-order valence-electron chi connectivity index (χ3n) is 5.87. The molecule has 1 aromatic carbocycles. The number of hydrogen-bond donors (Lipinski definition) is 0. The van der Waals surface area contributed by atoms with Crippen LogP contribution < -0.4 is 11.2 Å². The van der Waals surface area contributed by atoms with E-state index >= 15 is 0 Å². The molecule has 1 aliphatic carbocycles. The second kappa shape index (κ2) is 7.22. The van der Waals surface area contributed by atoms with Gasteiger partial charge in [-0.25, -0.2) is 4.79 Å². The maximum absolute atomic E-state index is 13.1. The van der Waals surface area contributed by atoms with E-state index in [0.717, 1.165) is 31.2 Å². The molecule has 1 saturated carbocycles. The molecule has 1 aromatic heterocycles. The third-order valence-corrected chi connectivity index (χ3v) is 5.87. The molecular formula is C21H28N2O3. The fourth-order valence-corrected chi connectivity index (χ4v) is 4.27. The Kier molecular flexibility index (Phi) is 5.17. The Morgan fingerprint density at radius 1 is 1.15 bits per heavy atom. The predicted octanol–water partition coefficient (Wildman–Crippen LogP) is 3.22. The molecule has 0 N–H and O–H groups in total. The molecule has 0 spiro atoms. The molecule has 2 aromatic rings. The zero-order valence-electron chi connectivity index (χ0n) is 16.1. The van der Waals surface area contributed by atoms with Crippen LogP contribution in [0.15, 0.2) is 27.8 Å². The van der Waals surface area contributed by atoms with Crippen LogP contribution >= 0.6 is 0 Å². The summed E-state index contributed by atoms with van der Waals surface area (Å²) in [5.74, 6) is 1.37. The molecule has 5 heteroatoms. The molecule has 5 nitrogen and oxygen atoms in total. The van der Waals surface area contributed by atoms with Crippen LogP contribution in [-0.4, -0.2) is 14.9 Å². The van der Waals surface area contributed by atoms with Crippen molar-refractivity contribution in [2.24, 2.45) is 18.9 Å². The van der Waals surface area contributed by atoms with Crippen molar-refractivity contribution in [3.8, 4) is 0 Å². The normalized spacial score (nSPS) is 20.7. The van der Waals surface area contributed by atoms with E-state index in [9.17, 15) is 14.4 Å². The first-order chi connectivity index (χ1) is 12.3. The van der Waals surface area contributed by atoms with Crippen molar-refractivity contribution in [1.82, 2.24) is 9.13 Å². The van der Waals surface area contributed by atoms with Crippen molar-refractivity contribution < 1.29 is 4.79 Å². The van der Waals surface area contributed by atoms with Gasteiger partial charge in [0.15, 0.2) is 0 Å². The molecule has 26 heavy (non-hydrogen) atoms. The summed E-state index contributed by atoms with van der Waals surface area (Å²) in [6.07, 6.45) is 4.16. The van der Waals surface area contributed by atoms with Gasteiger partial charge in [0.05, 0.1) is 10.9 Å². The minimum atomic E-state index is -0.241. The zero-order chi connectivity index (χ0) is 19.0. The smallest absolute Gasteiger partial charge is 0.300 e. The summed E-state index contributed by atoms with van der Waals surface area (Å²) in [4.78, 5) is 37.4. The van der Waals surface area contributed by atoms with Gasteiger partial charge in [0.2, 0.25) is 0 Å². The lowest BCUT2D eigenvalue weighted by atomic mass is 9.79. The van der Waals surface area contributed by atoms with Gasteiger partial charge in [0, 0.05) is 19.5 Å². The van der Waals surface area contributed by atoms with E-state index < -0.39 is 0 Å². The lowest BCUT2D eigenvalue weighted by Crippen LogP contribution is -2.42. The molecule has 0 amide bonds. The number of nitrogens with zero attached hydrogens (tertiary/aromatic N) is 2. The second-order valence-corrected chi connectivity index (χ2v) is 8.06. The number of carbonyl (C=O) groups excluding carboxylic acids is 1. The van der Waals surface area contributed by atoms with Crippen molar-refractivity contribution in [3.63, 3.8) is 0 Å². The van der Waals surface area contributed by atoms with Gasteiger partial charge in [0.1, 0.15) is 5.78 Å². The molecule has 140 valence electrons.